The van der Waals surface area contributed by atoms with Gasteiger partial charge in [0.2, 0.25) is 0 Å². The van der Waals surface area contributed by atoms with E-state index in [0.29, 0.717) is 5.01 Å². The molecule has 0 aliphatic rings. The lowest BCUT2D eigenvalue weighted by molar-refractivity contribution is 0.0532. The smallest absolute Gasteiger partial charge is 0.349 e. The molecule has 0 radical (unpaired) electrons. The summed E-state index contributed by atoms with van der Waals surface area (Å²) in [4.78, 5) is 15.6. The molecule has 0 spiro atoms. The van der Waals surface area contributed by atoms with E-state index >= 15 is 0 Å². The second kappa shape index (κ2) is 5.22. The first kappa shape index (κ1) is 12.6. The zero-order chi connectivity index (χ0) is 13.1. The SMILES string of the molecule is CCOC(=O)c1cnc(-c2ccc(F)cc2F)s1. The fraction of sp³-hybridized carbons (Fsp3) is 0.167. The molecule has 0 bridgehead atoms. The predicted molar refractivity (Wildman–Crippen MR) is 63.4 cm³/mol. The summed E-state index contributed by atoms with van der Waals surface area (Å²) in [6.45, 7) is 1.95. The number of benzene rings is 1. The van der Waals surface area contributed by atoms with Gasteiger partial charge in [-0.1, -0.05) is 0 Å². The molecule has 0 saturated carbocycles. The second-order valence-electron chi connectivity index (χ2n) is 3.37. The first-order chi connectivity index (χ1) is 8.61. The third kappa shape index (κ3) is 2.53. The molecule has 6 heteroatoms. The van der Waals surface area contributed by atoms with Crippen molar-refractivity contribution >= 4 is 17.3 Å². The van der Waals surface area contributed by atoms with Crippen LogP contribution >= 0.6 is 11.3 Å². The maximum atomic E-state index is 13.5. The highest BCUT2D eigenvalue weighted by atomic mass is 32.1. The van der Waals surface area contributed by atoms with Crippen LogP contribution < -0.4 is 0 Å². The van der Waals surface area contributed by atoms with Crippen molar-refractivity contribution in [2.75, 3.05) is 6.61 Å². The Morgan fingerprint density at radius 1 is 1.44 bits per heavy atom. The molecular weight excluding hydrogens is 260 g/mol. The van der Waals surface area contributed by atoms with E-state index in [0.717, 1.165) is 23.5 Å². The second-order valence-corrected chi connectivity index (χ2v) is 4.40. The maximum Gasteiger partial charge on any atom is 0.349 e. The summed E-state index contributed by atoms with van der Waals surface area (Å²) in [5.41, 5.74) is 0.164. The Morgan fingerprint density at radius 3 is 2.89 bits per heavy atom. The molecule has 1 aromatic carbocycles. The van der Waals surface area contributed by atoms with Gasteiger partial charge in [-0.2, -0.15) is 0 Å². The molecule has 18 heavy (non-hydrogen) atoms. The summed E-state index contributed by atoms with van der Waals surface area (Å²) in [6, 6.07) is 3.21. The molecule has 0 amide bonds. The van der Waals surface area contributed by atoms with Crippen LogP contribution in [0.15, 0.2) is 24.4 Å². The normalized spacial score (nSPS) is 10.4. The number of carbonyl (C=O) groups is 1. The minimum Gasteiger partial charge on any atom is -0.462 e. The molecule has 2 aromatic rings. The predicted octanol–water partition coefficient (Wildman–Crippen LogP) is 3.27. The summed E-state index contributed by atoms with van der Waals surface area (Å²) in [5.74, 6) is -1.86. The third-order valence-electron chi connectivity index (χ3n) is 2.14. The zero-order valence-electron chi connectivity index (χ0n) is 9.44. The van der Waals surface area contributed by atoms with Crippen LogP contribution in [0.3, 0.4) is 0 Å². The molecule has 1 heterocycles. The van der Waals surface area contributed by atoms with E-state index in [4.69, 9.17) is 4.74 Å². The lowest BCUT2D eigenvalue weighted by Crippen LogP contribution is -2.01. The first-order valence-corrected chi connectivity index (χ1v) is 6.02. The molecule has 0 saturated heterocycles. The van der Waals surface area contributed by atoms with Gasteiger partial charge >= 0.3 is 5.97 Å². The number of carbonyl (C=O) groups excluding carboxylic acids is 1. The van der Waals surface area contributed by atoms with Crippen molar-refractivity contribution in [2.24, 2.45) is 0 Å². The lowest BCUT2D eigenvalue weighted by Gasteiger charge is -1.98. The topological polar surface area (TPSA) is 39.2 Å². The number of esters is 1. The van der Waals surface area contributed by atoms with E-state index in [9.17, 15) is 13.6 Å². The molecule has 0 N–H and O–H groups in total. The quantitative estimate of drug-likeness (QED) is 0.803. The van der Waals surface area contributed by atoms with Crippen molar-refractivity contribution in [2.45, 2.75) is 6.92 Å². The average molecular weight is 269 g/mol. The molecule has 0 unspecified atom stereocenters. The van der Waals surface area contributed by atoms with E-state index in [1.54, 1.807) is 6.92 Å². The van der Waals surface area contributed by atoms with E-state index in [1.807, 2.05) is 0 Å². The molecule has 2 rings (SSSR count). The van der Waals surface area contributed by atoms with Crippen molar-refractivity contribution in [1.29, 1.82) is 0 Å². The van der Waals surface area contributed by atoms with Crippen LogP contribution in [0.5, 0.6) is 0 Å². The number of thiazole rings is 1. The molecule has 0 aliphatic carbocycles. The van der Waals surface area contributed by atoms with Gasteiger partial charge in [0.1, 0.15) is 21.5 Å². The van der Waals surface area contributed by atoms with Gasteiger partial charge in [0.25, 0.3) is 0 Å². The Morgan fingerprint density at radius 2 is 2.22 bits per heavy atom. The fourth-order valence-electron chi connectivity index (χ4n) is 1.36. The van der Waals surface area contributed by atoms with Gasteiger partial charge in [-0.3, -0.25) is 0 Å². The monoisotopic (exact) mass is 269 g/mol. The van der Waals surface area contributed by atoms with Gasteiger partial charge in [-0.25, -0.2) is 18.6 Å². The largest absolute Gasteiger partial charge is 0.462 e. The van der Waals surface area contributed by atoms with Crippen LogP contribution in [0, 0.1) is 11.6 Å². The fourth-order valence-corrected chi connectivity index (χ4v) is 2.20. The van der Waals surface area contributed by atoms with Gasteiger partial charge in [-0.15, -0.1) is 11.3 Å². The van der Waals surface area contributed by atoms with Gasteiger partial charge in [0.15, 0.2) is 0 Å². The van der Waals surface area contributed by atoms with Crippen molar-refractivity contribution in [1.82, 2.24) is 4.98 Å². The summed E-state index contributed by atoms with van der Waals surface area (Å²) in [5, 5.41) is 0.315. The van der Waals surface area contributed by atoms with E-state index in [-0.39, 0.29) is 17.0 Å². The van der Waals surface area contributed by atoms with Crippen LogP contribution in [0.25, 0.3) is 10.6 Å². The number of halogens is 2. The number of aromatic nitrogens is 1. The summed E-state index contributed by atoms with van der Waals surface area (Å²) in [7, 11) is 0. The van der Waals surface area contributed by atoms with Crippen LogP contribution in [0.2, 0.25) is 0 Å². The minimum absolute atomic E-state index is 0.164. The Hall–Kier alpha value is -1.82. The van der Waals surface area contributed by atoms with Crippen molar-refractivity contribution < 1.29 is 18.3 Å². The lowest BCUT2D eigenvalue weighted by atomic mass is 10.2. The highest BCUT2D eigenvalue weighted by Gasteiger charge is 2.15. The van der Waals surface area contributed by atoms with Gasteiger partial charge in [0, 0.05) is 11.6 Å². The number of hydrogen-bond acceptors (Lipinski definition) is 4. The molecule has 0 fully saturated rings. The number of ether oxygens (including phenoxy) is 1. The molecule has 3 nitrogen and oxygen atoms in total. The molecule has 0 atom stereocenters. The van der Waals surface area contributed by atoms with E-state index < -0.39 is 17.6 Å². The van der Waals surface area contributed by atoms with Crippen molar-refractivity contribution in [3.05, 3.63) is 40.9 Å². The van der Waals surface area contributed by atoms with E-state index in [2.05, 4.69) is 4.98 Å². The summed E-state index contributed by atoms with van der Waals surface area (Å²) >= 11 is 1.01. The Labute approximate surface area is 106 Å². The van der Waals surface area contributed by atoms with E-state index in [1.165, 1.54) is 12.3 Å². The van der Waals surface area contributed by atoms with Crippen LogP contribution in [-0.2, 0) is 4.74 Å². The molecule has 0 aliphatic heterocycles. The Kier molecular flexibility index (Phi) is 3.66. The summed E-state index contributed by atoms with van der Waals surface area (Å²) < 4.78 is 31.1. The number of nitrogens with zero attached hydrogens (tertiary/aromatic N) is 1. The van der Waals surface area contributed by atoms with Gasteiger partial charge in [-0.05, 0) is 19.1 Å². The Balaban J connectivity index is 2.32. The highest BCUT2D eigenvalue weighted by Crippen LogP contribution is 2.28. The molecular formula is C12H9F2NO2S. The van der Waals surface area contributed by atoms with Gasteiger partial charge < -0.3 is 4.74 Å². The number of hydrogen-bond donors (Lipinski definition) is 0. The Bertz CT molecular complexity index is 583. The minimum atomic E-state index is -0.709. The van der Waals surface area contributed by atoms with Gasteiger partial charge in [0.05, 0.1) is 12.8 Å². The van der Waals surface area contributed by atoms with Crippen LogP contribution in [0.1, 0.15) is 16.6 Å². The molecule has 1 aromatic heterocycles. The highest BCUT2D eigenvalue weighted by molar-refractivity contribution is 7.16. The average Bonchev–Trinajstić information content (AvgIpc) is 2.78. The van der Waals surface area contributed by atoms with Crippen molar-refractivity contribution in [3.63, 3.8) is 0 Å². The summed E-state index contributed by atoms with van der Waals surface area (Å²) in [6.07, 6.45) is 1.32. The maximum absolute atomic E-state index is 13.5. The number of rotatable bonds is 3. The van der Waals surface area contributed by atoms with Crippen molar-refractivity contribution in [3.8, 4) is 10.6 Å². The van der Waals surface area contributed by atoms with Crippen LogP contribution in [-0.4, -0.2) is 17.6 Å². The van der Waals surface area contributed by atoms with Crippen LogP contribution in [0.4, 0.5) is 8.78 Å². The third-order valence-corrected chi connectivity index (χ3v) is 3.15. The zero-order valence-corrected chi connectivity index (χ0v) is 10.3. The standard InChI is InChI=1S/C12H9F2NO2S/c1-2-17-12(16)10-6-15-11(18-10)8-4-3-7(13)5-9(8)14/h3-6H,2H2,1H3. The molecule has 94 valence electrons. The first-order valence-electron chi connectivity index (χ1n) is 5.20.